The molecule has 3 fully saturated rings. The van der Waals surface area contributed by atoms with Crippen LogP contribution < -0.4 is 0 Å². The highest BCUT2D eigenvalue weighted by Crippen LogP contribution is 2.65. The zero-order valence-electron chi connectivity index (χ0n) is 7.49. The minimum atomic E-state index is 0.198. The van der Waals surface area contributed by atoms with Gasteiger partial charge in [0, 0.05) is 5.92 Å². The smallest absolute Gasteiger partial charge is 0.123 e. The first-order chi connectivity index (χ1) is 5.66. The van der Waals surface area contributed by atoms with Gasteiger partial charge in [0.15, 0.2) is 0 Å². The number of hydrogen-bond acceptors (Lipinski definition) is 2. The summed E-state index contributed by atoms with van der Waals surface area (Å²) in [6.07, 6.45) is 3.35. The van der Waals surface area contributed by atoms with Crippen molar-refractivity contribution >= 4 is 6.29 Å². The lowest BCUT2D eigenvalue weighted by Crippen LogP contribution is -2.35. The molecule has 12 heavy (non-hydrogen) atoms. The molecule has 3 rings (SSSR count). The first-order valence-electron chi connectivity index (χ1n) is 4.77. The second-order valence-corrected chi connectivity index (χ2v) is 5.05. The van der Waals surface area contributed by atoms with Crippen LogP contribution in [-0.4, -0.2) is 18.5 Å². The van der Waals surface area contributed by atoms with Gasteiger partial charge < -0.3 is 9.53 Å². The molecular formula is C10H14O2. The molecule has 0 aromatic heterocycles. The molecule has 0 amide bonds. The van der Waals surface area contributed by atoms with Crippen LogP contribution in [-0.2, 0) is 9.53 Å². The standard InChI is InChI=1S/C10H14O2/c1-10(2)6-3-5(7(10)4-11)8-9(6)12-8/h4-9H,3H2,1-2H3/t5-,6-,7+,8-,9+/m1/s1. The van der Waals surface area contributed by atoms with Crippen LogP contribution >= 0.6 is 0 Å². The highest BCUT2D eigenvalue weighted by Gasteiger charge is 2.69. The van der Waals surface area contributed by atoms with Gasteiger partial charge >= 0.3 is 0 Å². The number of ether oxygens (including phenoxy) is 1. The molecule has 0 spiro atoms. The third kappa shape index (κ3) is 0.565. The van der Waals surface area contributed by atoms with Gasteiger partial charge in [0.05, 0.1) is 12.2 Å². The Balaban J connectivity index is 2.01. The first kappa shape index (κ1) is 7.07. The lowest BCUT2D eigenvalue weighted by atomic mass is 9.69. The summed E-state index contributed by atoms with van der Waals surface area (Å²) in [4.78, 5) is 10.9. The molecule has 0 N–H and O–H groups in total. The topological polar surface area (TPSA) is 29.6 Å². The minimum Gasteiger partial charge on any atom is -0.369 e. The van der Waals surface area contributed by atoms with Crippen LogP contribution in [0.15, 0.2) is 0 Å². The lowest BCUT2D eigenvalue weighted by Gasteiger charge is -2.32. The van der Waals surface area contributed by atoms with Gasteiger partial charge in [-0.2, -0.15) is 0 Å². The lowest BCUT2D eigenvalue weighted by molar-refractivity contribution is -0.115. The van der Waals surface area contributed by atoms with Crippen LogP contribution in [0.25, 0.3) is 0 Å². The molecule has 2 aliphatic carbocycles. The van der Waals surface area contributed by atoms with Gasteiger partial charge in [0.1, 0.15) is 6.29 Å². The van der Waals surface area contributed by atoms with E-state index in [9.17, 15) is 4.79 Å². The quantitative estimate of drug-likeness (QED) is 0.433. The Morgan fingerprint density at radius 1 is 1.42 bits per heavy atom. The van der Waals surface area contributed by atoms with Crippen molar-refractivity contribution in [1.82, 2.24) is 0 Å². The van der Waals surface area contributed by atoms with Crippen molar-refractivity contribution in [1.29, 1.82) is 0 Å². The monoisotopic (exact) mass is 166 g/mol. The average Bonchev–Trinajstić information content (AvgIpc) is 2.64. The van der Waals surface area contributed by atoms with E-state index in [0.717, 1.165) is 6.29 Å². The van der Waals surface area contributed by atoms with Crippen LogP contribution in [0, 0.1) is 23.2 Å². The molecule has 2 nitrogen and oxygen atoms in total. The zero-order chi connectivity index (χ0) is 8.51. The Morgan fingerprint density at radius 2 is 2.17 bits per heavy atom. The van der Waals surface area contributed by atoms with Crippen molar-refractivity contribution in [3.05, 3.63) is 0 Å². The maximum atomic E-state index is 10.9. The van der Waals surface area contributed by atoms with E-state index in [1.54, 1.807) is 0 Å². The van der Waals surface area contributed by atoms with E-state index >= 15 is 0 Å². The molecule has 1 saturated heterocycles. The van der Waals surface area contributed by atoms with Gasteiger partial charge in [-0.1, -0.05) is 13.8 Å². The number of hydrogen-bond donors (Lipinski definition) is 0. The highest BCUT2D eigenvalue weighted by atomic mass is 16.6. The fourth-order valence-electron chi connectivity index (χ4n) is 3.52. The van der Waals surface area contributed by atoms with Crippen LogP contribution in [0.3, 0.4) is 0 Å². The number of rotatable bonds is 1. The molecule has 0 aromatic rings. The van der Waals surface area contributed by atoms with Gasteiger partial charge in [0.25, 0.3) is 0 Å². The molecule has 66 valence electrons. The van der Waals surface area contributed by atoms with Gasteiger partial charge in [-0.25, -0.2) is 0 Å². The van der Waals surface area contributed by atoms with Crippen molar-refractivity contribution in [2.45, 2.75) is 32.5 Å². The van der Waals surface area contributed by atoms with Gasteiger partial charge in [-0.15, -0.1) is 0 Å². The largest absolute Gasteiger partial charge is 0.369 e. The van der Waals surface area contributed by atoms with E-state index in [4.69, 9.17) is 4.74 Å². The average molecular weight is 166 g/mol. The van der Waals surface area contributed by atoms with Crippen molar-refractivity contribution in [2.75, 3.05) is 0 Å². The molecule has 0 unspecified atom stereocenters. The summed E-state index contributed by atoms with van der Waals surface area (Å²) in [5.41, 5.74) is 0.198. The van der Waals surface area contributed by atoms with Gasteiger partial charge in [-0.05, 0) is 23.7 Å². The van der Waals surface area contributed by atoms with Crippen LogP contribution in [0.5, 0.6) is 0 Å². The Bertz CT molecular complexity index is 246. The van der Waals surface area contributed by atoms with E-state index in [2.05, 4.69) is 13.8 Å². The van der Waals surface area contributed by atoms with Gasteiger partial charge in [-0.3, -0.25) is 0 Å². The van der Waals surface area contributed by atoms with E-state index < -0.39 is 0 Å². The van der Waals surface area contributed by atoms with Crippen molar-refractivity contribution in [2.24, 2.45) is 23.2 Å². The summed E-state index contributed by atoms with van der Waals surface area (Å²) in [5.74, 6) is 1.46. The first-order valence-corrected chi connectivity index (χ1v) is 4.77. The fraction of sp³-hybridized carbons (Fsp3) is 0.900. The van der Waals surface area contributed by atoms with Crippen molar-refractivity contribution in [3.63, 3.8) is 0 Å². The summed E-state index contributed by atoms with van der Waals surface area (Å²) in [5, 5.41) is 0. The third-order valence-electron chi connectivity index (χ3n) is 4.33. The van der Waals surface area contributed by atoms with Crippen LogP contribution in [0.1, 0.15) is 20.3 Å². The Labute approximate surface area is 72.3 Å². The molecule has 1 aliphatic heterocycles. The second-order valence-electron chi connectivity index (χ2n) is 5.05. The Hall–Kier alpha value is -0.370. The number of fused-ring (bicyclic) bond motifs is 5. The number of carbonyl (C=O) groups excluding carboxylic acids is 1. The number of epoxide rings is 1. The summed E-state index contributed by atoms with van der Waals surface area (Å²) in [7, 11) is 0. The molecule has 2 saturated carbocycles. The van der Waals surface area contributed by atoms with Crippen LogP contribution in [0.2, 0.25) is 0 Å². The van der Waals surface area contributed by atoms with E-state index in [1.807, 2.05) is 0 Å². The van der Waals surface area contributed by atoms with Crippen molar-refractivity contribution < 1.29 is 9.53 Å². The molecule has 1 heterocycles. The molecular weight excluding hydrogens is 152 g/mol. The Morgan fingerprint density at radius 3 is 2.75 bits per heavy atom. The third-order valence-corrected chi connectivity index (χ3v) is 4.33. The normalized spacial score (nSPS) is 58.3. The number of aldehydes is 1. The second kappa shape index (κ2) is 1.77. The summed E-state index contributed by atoms with van der Waals surface area (Å²) < 4.78 is 5.55. The van der Waals surface area contributed by atoms with Crippen molar-refractivity contribution in [3.8, 4) is 0 Å². The number of carbonyl (C=O) groups is 1. The highest BCUT2D eigenvalue weighted by molar-refractivity contribution is 5.58. The zero-order valence-corrected chi connectivity index (χ0v) is 7.49. The van der Waals surface area contributed by atoms with Crippen LogP contribution in [0.4, 0.5) is 0 Å². The predicted octanol–water partition coefficient (Wildman–Crippen LogP) is 1.24. The SMILES string of the molecule is CC1(C)[C@@H]2C[C@@H]([C@H]3O[C@H]32)[C@@H]1C=O. The molecule has 2 bridgehead atoms. The van der Waals surface area contributed by atoms with E-state index in [-0.39, 0.29) is 11.3 Å². The molecule has 2 heteroatoms. The summed E-state index contributed by atoms with van der Waals surface area (Å²) in [6.45, 7) is 4.43. The summed E-state index contributed by atoms with van der Waals surface area (Å²) in [6, 6.07) is 0. The fourth-order valence-corrected chi connectivity index (χ4v) is 3.52. The molecule has 0 radical (unpaired) electrons. The molecule has 0 aromatic carbocycles. The van der Waals surface area contributed by atoms with Gasteiger partial charge in [0.2, 0.25) is 0 Å². The maximum Gasteiger partial charge on any atom is 0.123 e. The van der Waals surface area contributed by atoms with E-state index in [1.165, 1.54) is 6.42 Å². The summed E-state index contributed by atoms with van der Waals surface area (Å²) >= 11 is 0. The molecule has 5 atom stereocenters. The van der Waals surface area contributed by atoms with E-state index in [0.29, 0.717) is 24.0 Å². The minimum absolute atomic E-state index is 0.198. The maximum absolute atomic E-state index is 10.9. The Kier molecular flexibility index (Phi) is 1.04. The predicted molar refractivity (Wildman–Crippen MR) is 43.6 cm³/mol. The molecule has 3 aliphatic rings.